The first kappa shape index (κ1) is 15.5. The lowest BCUT2D eigenvalue weighted by molar-refractivity contribution is -0.127. The maximum Gasteiger partial charge on any atom is 0.239 e. The second-order valence-electron chi connectivity index (χ2n) is 6.46. The van der Waals surface area contributed by atoms with Crippen LogP contribution in [0.3, 0.4) is 0 Å². The Hall–Kier alpha value is -1.88. The molecule has 21 heavy (non-hydrogen) atoms. The van der Waals surface area contributed by atoms with Gasteiger partial charge in [-0.2, -0.15) is 0 Å². The number of nitrogens with one attached hydrogen (secondary N) is 3. The van der Waals surface area contributed by atoms with Crippen molar-refractivity contribution in [1.29, 1.82) is 0 Å². The smallest absolute Gasteiger partial charge is 0.239 e. The summed E-state index contributed by atoms with van der Waals surface area (Å²) in [7, 11) is 0. The molecule has 2 atom stereocenters. The van der Waals surface area contributed by atoms with Gasteiger partial charge in [0.15, 0.2) is 0 Å². The minimum absolute atomic E-state index is 0.0746. The minimum atomic E-state index is -0.378. The standard InChI is InChI=1S/C16H23N3O2/c1-16(2,3)14(11-7-5-4-6-8-11)19-15(21)12-9-18-13(20)10-17-12/h4-8,12,14,17H,9-10H2,1-3H3,(H,18,20)(H,19,21). The van der Waals surface area contributed by atoms with Crippen molar-refractivity contribution in [3.05, 3.63) is 35.9 Å². The van der Waals surface area contributed by atoms with E-state index in [4.69, 9.17) is 0 Å². The van der Waals surface area contributed by atoms with Gasteiger partial charge in [0.05, 0.1) is 12.6 Å². The fraction of sp³-hybridized carbons (Fsp3) is 0.500. The van der Waals surface area contributed by atoms with E-state index in [1.54, 1.807) is 0 Å². The molecule has 2 unspecified atom stereocenters. The Bertz CT molecular complexity index is 498. The summed E-state index contributed by atoms with van der Waals surface area (Å²) < 4.78 is 0. The number of hydrogen-bond donors (Lipinski definition) is 3. The molecule has 0 bridgehead atoms. The third-order valence-corrected chi connectivity index (χ3v) is 3.61. The van der Waals surface area contributed by atoms with Crippen LogP contribution >= 0.6 is 0 Å². The maximum absolute atomic E-state index is 12.4. The molecule has 0 aliphatic carbocycles. The highest BCUT2D eigenvalue weighted by Gasteiger charge is 2.31. The van der Waals surface area contributed by atoms with E-state index in [0.29, 0.717) is 6.54 Å². The number of carbonyl (C=O) groups is 2. The molecule has 5 nitrogen and oxygen atoms in total. The Morgan fingerprint density at radius 2 is 1.95 bits per heavy atom. The molecule has 0 saturated carbocycles. The zero-order valence-corrected chi connectivity index (χ0v) is 12.8. The van der Waals surface area contributed by atoms with E-state index in [-0.39, 0.29) is 35.9 Å². The Balaban J connectivity index is 2.09. The highest BCUT2D eigenvalue weighted by atomic mass is 16.2. The van der Waals surface area contributed by atoms with Gasteiger partial charge in [-0.25, -0.2) is 0 Å². The lowest BCUT2D eigenvalue weighted by atomic mass is 9.82. The summed E-state index contributed by atoms with van der Waals surface area (Å²) in [6.07, 6.45) is 0. The zero-order chi connectivity index (χ0) is 15.5. The zero-order valence-electron chi connectivity index (χ0n) is 12.8. The SMILES string of the molecule is CC(C)(C)C(NC(=O)C1CNC(=O)CN1)c1ccccc1. The van der Waals surface area contributed by atoms with Gasteiger partial charge >= 0.3 is 0 Å². The number of benzene rings is 1. The number of hydrogen-bond acceptors (Lipinski definition) is 3. The van der Waals surface area contributed by atoms with Crippen LogP contribution in [0.25, 0.3) is 0 Å². The monoisotopic (exact) mass is 289 g/mol. The quantitative estimate of drug-likeness (QED) is 0.777. The molecule has 1 aromatic carbocycles. The highest BCUT2D eigenvalue weighted by Crippen LogP contribution is 2.32. The Labute approximate surface area is 125 Å². The minimum Gasteiger partial charge on any atom is -0.353 e. The third kappa shape index (κ3) is 4.04. The normalized spacial score (nSPS) is 20.5. The lowest BCUT2D eigenvalue weighted by Crippen LogP contribution is -2.58. The molecule has 2 rings (SSSR count). The summed E-state index contributed by atoms with van der Waals surface area (Å²) in [6, 6.07) is 9.49. The number of rotatable bonds is 3. The molecule has 1 aliphatic rings. The van der Waals surface area contributed by atoms with E-state index < -0.39 is 0 Å². The summed E-state index contributed by atoms with van der Waals surface area (Å²) in [6.45, 7) is 6.81. The first-order valence-electron chi connectivity index (χ1n) is 7.23. The van der Waals surface area contributed by atoms with E-state index in [2.05, 4.69) is 36.7 Å². The molecule has 114 valence electrons. The van der Waals surface area contributed by atoms with Crippen LogP contribution in [-0.4, -0.2) is 30.9 Å². The van der Waals surface area contributed by atoms with Crippen LogP contribution in [0.4, 0.5) is 0 Å². The van der Waals surface area contributed by atoms with Gasteiger partial charge in [0, 0.05) is 6.54 Å². The molecule has 0 radical (unpaired) electrons. The summed E-state index contributed by atoms with van der Waals surface area (Å²) in [5.74, 6) is -0.159. The first-order valence-corrected chi connectivity index (χ1v) is 7.23. The van der Waals surface area contributed by atoms with E-state index in [0.717, 1.165) is 5.56 Å². The van der Waals surface area contributed by atoms with Gasteiger partial charge in [-0.3, -0.25) is 14.9 Å². The Kier molecular flexibility index (Phi) is 4.63. The molecule has 5 heteroatoms. The molecule has 1 heterocycles. The highest BCUT2D eigenvalue weighted by molar-refractivity contribution is 5.87. The van der Waals surface area contributed by atoms with Crippen molar-refractivity contribution < 1.29 is 9.59 Å². The summed E-state index contributed by atoms with van der Waals surface area (Å²) >= 11 is 0. The second-order valence-corrected chi connectivity index (χ2v) is 6.46. The largest absolute Gasteiger partial charge is 0.353 e. The van der Waals surface area contributed by atoms with Crippen LogP contribution in [0.1, 0.15) is 32.4 Å². The van der Waals surface area contributed by atoms with Crippen molar-refractivity contribution in [2.75, 3.05) is 13.1 Å². The Morgan fingerprint density at radius 1 is 1.29 bits per heavy atom. The molecule has 1 fully saturated rings. The second kappa shape index (κ2) is 6.26. The van der Waals surface area contributed by atoms with Crippen molar-refractivity contribution in [1.82, 2.24) is 16.0 Å². The Morgan fingerprint density at radius 3 is 2.48 bits per heavy atom. The van der Waals surface area contributed by atoms with Crippen LogP contribution in [0, 0.1) is 5.41 Å². The van der Waals surface area contributed by atoms with Gasteiger partial charge in [-0.05, 0) is 11.0 Å². The fourth-order valence-electron chi connectivity index (χ4n) is 2.44. The number of carbonyl (C=O) groups excluding carboxylic acids is 2. The van der Waals surface area contributed by atoms with Gasteiger partial charge in [0.2, 0.25) is 11.8 Å². The van der Waals surface area contributed by atoms with Crippen molar-refractivity contribution in [2.45, 2.75) is 32.9 Å². The van der Waals surface area contributed by atoms with Crippen LogP contribution in [0.2, 0.25) is 0 Å². The summed E-state index contributed by atoms with van der Waals surface area (Å²) in [4.78, 5) is 23.5. The van der Waals surface area contributed by atoms with Crippen LogP contribution in [0.5, 0.6) is 0 Å². The molecule has 3 N–H and O–H groups in total. The van der Waals surface area contributed by atoms with Crippen molar-refractivity contribution in [3.63, 3.8) is 0 Å². The van der Waals surface area contributed by atoms with Crippen molar-refractivity contribution >= 4 is 11.8 Å². The average molecular weight is 289 g/mol. The first-order chi connectivity index (χ1) is 9.88. The van der Waals surface area contributed by atoms with Crippen molar-refractivity contribution in [3.8, 4) is 0 Å². The van der Waals surface area contributed by atoms with Gasteiger partial charge in [0.1, 0.15) is 6.04 Å². The van der Waals surface area contributed by atoms with Crippen LogP contribution in [-0.2, 0) is 9.59 Å². The van der Waals surface area contributed by atoms with E-state index >= 15 is 0 Å². The molecular weight excluding hydrogens is 266 g/mol. The topological polar surface area (TPSA) is 70.2 Å². The third-order valence-electron chi connectivity index (χ3n) is 3.61. The summed E-state index contributed by atoms with van der Waals surface area (Å²) in [5, 5.41) is 8.76. The molecule has 0 aromatic heterocycles. The average Bonchev–Trinajstić information content (AvgIpc) is 2.45. The molecule has 1 saturated heterocycles. The van der Waals surface area contributed by atoms with E-state index in [1.165, 1.54) is 0 Å². The van der Waals surface area contributed by atoms with E-state index in [1.807, 2.05) is 30.3 Å². The number of amides is 2. The summed E-state index contributed by atoms with van der Waals surface area (Å²) in [5.41, 5.74) is 0.979. The van der Waals surface area contributed by atoms with Crippen LogP contribution in [0.15, 0.2) is 30.3 Å². The molecule has 0 spiro atoms. The molecular formula is C16H23N3O2. The molecule has 1 aromatic rings. The number of piperazine rings is 1. The van der Waals surface area contributed by atoms with E-state index in [9.17, 15) is 9.59 Å². The van der Waals surface area contributed by atoms with Gasteiger partial charge in [-0.1, -0.05) is 51.1 Å². The van der Waals surface area contributed by atoms with Gasteiger partial charge < -0.3 is 10.6 Å². The fourth-order valence-corrected chi connectivity index (χ4v) is 2.44. The van der Waals surface area contributed by atoms with Gasteiger partial charge in [-0.15, -0.1) is 0 Å². The maximum atomic E-state index is 12.4. The molecule has 1 aliphatic heterocycles. The predicted molar refractivity (Wildman–Crippen MR) is 81.6 cm³/mol. The van der Waals surface area contributed by atoms with Crippen molar-refractivity contribution in [2.24, 2.45) is 5.41 Å². The predicted octanol–water partition coefficient (Wildman–Crippen LogP) is 0.978. The lowest BCUT2D eigenvalue weighted by Gasteiger charge is -2.34. The van der Waals surface area contributed by atoms with Gasteiger partial charge in [0.25, 0.3) is 0 Å². The van der Waals surface area contributed by atoms with Crippen LogP contribution < -0.4 is 16.0 Å². The molecule has 2 amide bonds.